The molecule has 0 amide bonds. The molecule has 0 bridgehead atoms. The van der Waals surface area contributed by atoms with Gasteiger partial charge in [0, 0.05) is 0 Å². The van der Waals surface area contributed by atoms with Crippen molar-refractivity contribution in [2.75, 3.05) is 14.2 Å². The number of aromatic hydroxyl groups is 1. The Morgan fingerprint density at radius 3 is 2.64 bits per heavy atom. The van der Waals surface area contributed by atoms with Gasteiger partial charge in [-0.1, -0.05) is 48.6 Å². The first kappa shape index (κ1) is 23.0. The number of aromatic nitrogens is 1. The molecule has 0 spiro atoms. The van der Waals surface area contributed by atoms with Crippen molar-refractivity contribution in [3.8, 4) is 11.5 Å². The molecule has 4 rings (SSSR count). The molecular formula is C24H21BrN2O5S. The highest BCUT2D eigenvalue weighted by molar-refractivity contribution is 9.10. The first-order valence-electron chi connectivity index (χ1n) is 10.1. The van der Waals surface area contributed by atoms with E-state index in [2.05, 4.69) is 20.9 Å². The van der Waals surface area contributed by atoms with Crippen LogP contribution in [0.4, 0.5) is 0 Å². The lowest BCUT2D eigenvalue weighted by Crippen LogP contribution is -2.40. The first-order chi connectivity index (χ1) is 15.9. The second kappa shape index (κ2) is 9.36. The summed E-state index contributed by atoms with van der Waals surface area (Å²) in [7, 11) is 2.78. The summed E-state index contributed by atoms with van der Waals surface area (Å²) in [6.07, 6.45) is 2.23. The van der Waals surface area contributed by atoms with E-state index in [1.165, 1.54) is 25.6 Å². The van der Waals surface area contributed by atoms with Crippen LogP contribution in [0.15, 0.2) is 68.0 Å². The Balaban J connectivity index is 1.99. The summed E-state index contributed by atoms with van der Waals surface area (Å²) < 4.78 is 12.7. The summed E-state index contributed by atoms with van der Waals surface area (Å²) in [5.74, 6) is -0.242. The molecule has 1 N–H and O–H groups in total. The lowest BCUT2D eigenvalue weighted by atomic mass is 9.95. The monoisotopic (exact) mass is 528 g/mol. The van der Waals surface area contributed by atoms with E-state index in [9.17, 15) is 14.7 Å². The number of hydrogen-bond acceptors (Lipinski definition) is 7. The summed E-state index contributed by atoms with van der Waals surface area (Å²) >= 11 is 4.55. The topological polar surface area (TPSA) is 90.1 Å². The summed E-state index contributed by atoms with van der Waals surface area (Å²) in [5, 5.41) is 10.1. The van der Waals surface area contributed by atoms with Crippen molar-refractivity contribution < 1.29 is 19.4 Å². The predicted molar refractivity (Wildman–Crippen MR) is 129 cm³/mol. The van der Waals surface area contributed by atoms with Crippen LogP contribution in [0, 0.1) is 0 Å². The van der Waals surface area contributed by atoms with Crippen LogP contribution in [0.2, 0.25) is 0 Å². The van der Waals surface area contributed by atoms with E-state index in [1.54, 1.807) is 22.8 Å². The summed E-state index contributed by atoms with van der Waals surface area (Å²) in [5.41, 5.74) is 2.14. The SMILES string of the molecule is CCC1=C(C(=O)OC)[C@H](c2ccccc2)n2c(s/c(=C\c3cc(Br)c(O)c(OC)c3)c2=O)=N1. The van der Waals surface area contributed by atoms with Crippen molar-refractivity contribution >= 4 is 39.3 Å². The Morgan fingerprint density at radius 1 is 1.27 bits per heavy atom. The number of methoxy groups -OCH3 is 2. The molecule has 7 nitrogen and oxygen atoms in total. The average molecular weight is 529 g/mol. The van der Waals surface area contributed by atoms with Crippen molar-refractivity contribution in [1.29, 1.82) is 0 Å². The minimum atomic E-state index is -0.645. The fraction of sp³-hybridized carbons (Fsp3) is 0.208. The smallest absolute Gasteiger partial charge is 0.338 e. The number of phenolic OH excluding ortho intramolecular Hbond substituents is 1. The number of allylic oxidation sites excluding steroid dienone is 1. The third kappa shape index (κ3) is 4.14. The number of thiazole rings is 1. The Hall–Kier alpha value is -3.17. The third-order valence-electron chi connectivity index (χ3n) is 5.33. The number of carbonyl (C=O) groups excluding carboxylic acids is 1. The van der Waals surface area contributed by atoms with Crippen molar-refractivity contribution in [2.45, 2.75) is 19.4 Å². The number of nitrogens with zero attached hydrogens (tertiary/aromatic N) is 2. The Bertz CT molecular complexity index is 1440. The first-order valence-corrected chi connectivity index (χ1v) is 11.7. The van der Waals surface area contributed by atoms with E-state index in [-0.39, 0.29) is 17.1 Å². The molecule has 2 heterocycles. The maximum atomic E-state index is 13.6. The van der Waals surface area contributed by atoms with Crippen LogP contribution in [0.25, 0.3) is 6.08 Å². The van der Waals surface area contributed by atoms with Crippen LogP contribution in [0.5, 0.6) is 11.5 Å². The van der Waals surface area contributed by atoms with Gasteiger partial charge in [-0.3, -0.25) is 9.36 Å². The molecule has 1 atom stereocenters. The fourth-order valence-corrected chi connectivity index (χ4v) is 5.28. The van der Waals surface area contributed by atoms with E-state index in [1.807, 2.05) is 37.3 Å². The van der Waals surface area contributed by atoms with Crippen LogP contribution in [-0.4, -0.2) is 29.9 Å². The molecule has 0 fully saturated rings. The zero-order valence-corrected chi connectivity index (χ0v) is 20.6. The lowest BCUT2D eigenvalue weighted by molar-refractivity contribution is -0.136. The van der Waals surface area contributed by atoms with Gasteiger partial charge in [0.15, 0.2) is 16.3 Å². The summed E-state index contributed by atoms with van der Waals surface area (Å²) in [4.78, 5) is 31.5. The largest absolute Gasteiger partial charge is 0.503 e. The van der Waals surface area contributed by atoms with Crippen molar-refractivity contribution in [2.24, 2.45) is 4.99 Å². The standard InChI is InChI=1S/C24H21BrN2O5S/c1-4-16-19(23(30)32-3)20(14-8-6-5-7-9-14)27-22(29)18(33-24(27)26-16)12-13-10-15(25)21(28)17(11-13)31-2/h5-12,20,28H,4H2,1-3H3/b18-12-/t20-/m0/s1. The van der Waals surface area contributed by atoms with E-state index < -0.39 is 12.0 Å². The van der Waals surface area contributed by atoms with Crippen LogP contribution >= 0.6 is 27.3 Å². The van der Waals surface area contributed by atoms with Crippen LogP contribution in [0.1, 0.15) is 30.5 Å². The summed E-state index contributed by atoms with van der Waals surface area (Å²) in [6.45, 7) is 1.92. The van der Waals surface area contributed by atoms with Gasteiger partial charge in [0.25, 0.3) is 5.56 Å². The van der Waals surface area contributed by atoms with Crippen LogP contribution in [0.3, 0.4) is 0 Å². The highest BCUT2D eigenvalue weighted by Gasteiger charge is 2.33. The van der Waals surface area contributed by atoms with Crippen molar-refractivity contribution in [3.05, 3.63) is 89.0 Å². The number of rotatable bonds is 5. The second-order valence-electron chi connectivity index (χ2n) is 7.25. The van der Waals surface area contributed by atoms with Crippen molar-refractivity contribution in [3.63, 3.8) is 0 Å². The van der Waals surface area contributed by atoms with Crippen molar-refractivity contribution in [1.82, 2.24) is 4.57 Å². The Labute approximate surface area is 202 Å². The molecule has 0 radical (unpaired) electrons. The number of benzene rings is 2. The van der Waals surface area contributed by atoms with Crippen LogP contribution in [-0.2, 0) is 9.53 Å². The number of esters is 1. The van der Waals surface area contributed by atoms with Gasteiger partial charge in [0.1, 0.15) is 0 Å². The quantitative estimate of drug-likeness (QED) is 0.513. The minimum absolute atomic E-state index is 0.0181. The lowest BCUT2D eigenvalue weighted by Gasteiger charge is -2.25. The Kier molecular flexibility index (Phi) is 6.53. The molecule has 0 unspecified atom stereocenters. The molecular weight excluding hydrogens is 508 g/mol. The Morgan fingerprint density at radius 2 is 2.00 bits per heavy atom. The molecule has 0 aliphatic carbocycles. The number of phenols is 1. The second-order valence-corrected chi connectivity index (χ2v) is 9.12. The maximum absolute atomic E-state index is 13.6. The average Bonchev–Trinajstić information content (AvgIpc) is 3.14. The number of hydrogen-bond donors (Lipinski definition) is 1. The minimum Gasteiger partial charge on any atom is -0.503 e. The molecule has 3 aromatic rings. The molecule has 1 aliphatic heterocycles. The molecule has 2 aromatic carbocycles. The number of halogens is 1. The van der Waals surface area contributed by atoms with Crippen LogP contribution < -0.4 is 19.6 Å². The number of ether oxygens (including phenoxy) is 2. The van der Waals surface area contributed by atoms with E-state index in [4.69, 9.17) is 9.47 Å². The van der Waals surface area contributed by atoms with E-state index in [0.717, 1.165) is 5.56 Å². The highest BCUT2D eigenvalue weighted by atomic mass is 79.9. The third-order valence-corrected chi connectivity index (χ3v) is 6.92. The van der Waals surface area contributed by atoms with Gasteiger partial charge in [0.05, 0.1) is 40.5 Å². The molecule has 1 aliphatic rings. The zero-order valence-electron chi connectivity index (χ0n) is 18.2. The maximum Gasteiger partial charge on any atom is 0.338 e. The van der Waals surface area contributed by atoms with Gasteiger partial charge in [-0.05, 0) is 51.7 Å². The van der Waals surface area contributed by atoms with Gasteiger partial charge in [-0.15, -0.1) is 0 Å². The van der Waals surface area contributed by atoms with E-state index in [0.29, 0.717) is 37.1 Å². The van der Waals surface area contributed by atoms with Gasteiger partial charge in [0.2, 0.25) is 0 Å². The van der Waals surface area contributed by atoms with E-state index >= 15 is 0 Å². The zero-order chi connectivity index (χ0) is 23.7. The van der Waals surface area contributed by atoms with Gasteiger partial charge in [-0.25, -0.2) is 9.79 Å². The normalized spacial score (nSPS) is 15.8. The molecule has 170 valence electrons. The fourth-order valence-electron chi connectivity index (χ4n) is 3.80. The summed E-state index contributed by atoms with van der Waals surface area (Å²) in [6, 6.07) is 12.1. The molecule has 0 saturated carbocycles. The molecule has 9 heteroatoms. The van der Waals surface area contributed by atoms with Gasteiger partial charge in [-0.2, -0.15) is 0 Å². The highest BCUT2D eigenvalue weighted by Crippen LogP contribution is 2.35. The molecule has 33 heavy (non-hydrogen) atoms. The molecule has 1 aromatic heterocycles. The van der Waals surface area contributed by atoms with Gasteiger partial charge < -0.3 is 14.6 Å². The number of fused-ring (bicyclic) bond motifs is 1. The molecule has 0 saturated heterocycles. The number of carbonyl (C=O) groups is 1. The van der Waals surface area contributed by atoms with Gasteiger partial charge >= 0.3 is 5.97 Å². The predicted octanol–water partition coefficient (Wildman–Crippen LogP) is 3.28.